The fourth-order valence-corrected chi connectivity index (χ4v) is 2.80. The summed E-state index contributed by atoms with van der Waals surface area (Å²) in [7, 11) is 1.65. The van der Waals surface area contributed by atoms with Gasteiger partial charge in [-0.1, -0.05) is 0 Å². The van der Waals surface area contributed by atoms with E-state index in [1.165, 1.54) is 0 Å². The van der Waals surface area contributed by atoms with Crippen molar-refractivity contribution < 1.29 is 19.4 Å². The lowest BCUT2D eigenvalue weighted by atomic mass is 9.70. The highest BCUT2D eigenvalue weighted by Gasteiger charge is 2.45. The van der Waals surface area contributed by atoms with Crippen molar-refractivity contribution in [3.8, 4) is 0 Å². The van der Waals surface area contributed by atoms with E-state index in [0.717, 1.165) is 25.7 Å². The normalized spacial score (nSPS) is 28.9. The monoisotopic (exact) mass is 255 g/mol. The summed E-state index contributed by atoms with van der Waals surface area (Å²) in [6.07, 6.45) is 5.22. The summed E-state index contributed by atoms with van der Waals surface area (Å²) >= 11 is 0. The fraction of sp³-hybridized carbons (Fsp3) is 0.846. The van der Waals surface area contributed by atoms with Crippen molar-refractivity contribution in [3.05, 3.63) is 0 Å². The highest BCUT2D eigenvalue weighted by Crippen LogP contribution is 2.38. The SMILES string of the molecule is COCCC1(NC(=O)C2CCC2C(=O)O)CCC1. The van der Waals surface area contributed by atoms with E-state index in [-0.39, 0.29) is 17.4 Å². The minimum absolute atomic E-state index is 0.0792. The van der Waals surface area contributed by atoms with Crippen molar-refractivity contribution in [3.63, 3.8) is 0 Å². The van der Waals surface area contributed by atoms with E-state index in [1.807, 2.05) is 0 Å². The Bertz CT molecular complexity index is 338. The van der Waals surface area contributed by atoms with Crippen LogP contribution in [0.2, 0.25) is 0 Å². The molecule has 0 aromatic carbocycles. The first-order valence-corrected chi connectivity index (χ1v) is 6.62. The lowest BCUT2D eigenvalue weighted by Gasteiger charge is -2.45. The first-order chi connectivity index (χ1) is 8.58. The Hall–Kier alpha value is -1.10. The van der Waals surface area contributed by atoms with Crippen LogP contribution in [0.5, 0.6) is 0 Å². The number of carbonyl (C=O) groups is 2. The second-order valence-corrected chi connectivity index (χ2v) is 5.49. The number of hydrogen-bond acceptors (Lipinski definition) is 3. The van der Waals surface area contributed by atoms with Gasteiger partial charge in [-0.3, -0.25) is 9.59 Å². The molecule has 2 fully saturated rings. The van der Waals surface area contributed by atoms with Crippen LogP contribution in [0.15, 0.2) is 0 Å². The van der Waals surface area contributed by atoms with Crippen LogP contribution in [0.4, 0.5) is 0 Å². The summed E-state index contributed by atoms with van der Waals surface area (Å²) in [6, 6.07) is 0. The van der Waals surface area contributed by atoms with Crippen LogP contribution in [0, 0.1) is 11.8 Å². The molecule has 18 heavy (non-hydrogen) atoms. The first kappa shape index (κ1) is 13.3. The third-order valence-corrected chi connectivity index (χ3v) is 4.41. The third-order valence-electron chi connectivity index (χ3n) is 4.41. The Morgan fingerprint density at radius 1 is 1.33 bits per heavy atom. The van der Waals surface area contributed by atoms with E-state index in [2.05, 4.69) is 5.32 Å². The Balaban J connectivity index is 1.88. The van der Waals surface area contributed by atoms with Gasteiger partial charge in [-0.25, -0.2) is 0 Å². The molecule has 2 unspecified atom stereocenters. The van der Waals surface area contributed by atoms with Crippen molar-refractivity contribution in [1.82, 2.24) is 5.32 Å². The predicted molar refractivity (Wildman–Crippen MR) is 65.1 cm³/mol. The van der Waals surface area contributed by atoms with Gasteiger partial charge in [0, 0.05) is 19.3 Å². The molecule has 5 heteroatoms. The van der Waals surface area contributed by atoms with Crippen LogP contribution < -0.4 is 5.32 Å². The summed E-state index contributed by atoms with van der Waals surface area (Å²) in [5, 5.41) is 12.0. The number of nitrogens with one attached hydrogen (secondary N) is 1. The molecule has 102 valence electrons. The molecule has 0 aromatic heterocycles. The van der Waals surface area contributed by atoms with E-state index in [4.69, 9.17) is 9.84 Å². The number of carbonyl (C=O) groups excluding carboxylic acids is 1. The van der Waals surface area contributed by atoms with E-state index in [0.29, 0.717) is 19.4 Å². The number of carboxylic acid groups (broad SMARTS) is 1. The first-order valence-electron chi connectivity index (χ1n) is 6.62. The van der Waals surface area contributed by atoms with Crippen LogP contribution >= 0.6 is 0 Å². The van der Waals surface area contributed by atoms with Crippen LogP contribution in [-0.4, -0.2) is 36.2 Å². The number of amides is 1. The van der Waals surface area contributed by atoms with Crippen molar-refractivity contribution in [2.45, 2.75) is 44.1 Å². The van der Waals surface area contributed by atoms with Gasteiger partial charge in [-0.2, -0.15) is 0 Å². The van der Waals surface area contributed by atoms with Crippen LogP contribution in [0.3, 0.4) is 0 Å². The molecule has 2 rings (SSSR count). The number of ether oxygens (including phenoxy) is 1. The zero-order valence-corrected chi connectivity index (χ0v) is 10.8. The van der Waals surface area contributed by atoms with Gasteiger partial charge in [0.1, 0.15) is 0 Å². The summed E-state index contributed by atoms with van der Waals surface area (Å²) in [4.78, 5) is 23.0. The maximum atomic E-state index is 12.1. The van der Waals surface area contributed by atoms with Crippen molar-refractivity contribution in [1.29, 1.82) is 0 Å². The molecule has 0 radical (unpaired) electrons. The summed E-state index contributed by atoms with van der Waals surface area (Å²) in [5.41, 5.74) is -0.133. The van der Waals surface area contributed by atoms with Gasteiger partial charge in [0.2, 0.25) is 5.91 Å². The Morgan fingerprint density at radius 3 is 2.39 bits per heavy atom. The molecular weight excluding hydrogens is 234 g/mol. The van der Waals surface area contributed by atoms with Gasteiger partial charge >= 0.3 is 5.97 Å². The molecule has 2 aliphatic carbocycles. The topological polar surface area (TPSA) is 75.6 Å². The zero-order chi connectivity index (χ0) is 13.2. The maximum Gasteiger partial charge on any atom is 0.307 e. The van der Waals surface area contributed by atoms with Crippen molar-refractivity contribution in [2.24, 2.45) is 11.8 Å². The fourth-order valence-electron chi connectivity index (χ4n) is 2.80. The molecule has 0 heterocycles. The van der Waals surface area contributed by atoms with E-state index >= 15 is 0 Å². The highest BCUT2D eigenvalue weighted by atomic mass is 16.5. The zero-order valence-electron chi connectivity index (χ0n) is 10.8. The molecule has 2 aliphatic rings. The molecular formula is C13H21NO4. The van der Waals surface area contributed by atoms with E-state index < -0.39 is 11.9 Å². The minimum atomic E-state index is -0.846. The number of aliphatic carboxylic acids is 1. The van der Waals surface area contributed by atoms with Gasteiger partial charge in [0.15, 0.2) is 0 Å². The molecule has 1 amide bonds. The standard InChI is InChI=1S/C13H21NO4/c1-18-8-7-13(5-2-6-13)14-11(15)9-3-4-10(9)12(16)17/h9-10H,2-8H2,1H3,(H,14,15)(H,16,17). The number of carboxylic acids is 1. The molecule has 2 atom stereocenters. The van der Waals surface area contributed by atoms with E-state index in [1.54, 1.807) is 7.11 Å². The van der Waals surface area contributed by atoms with E-state index in [9.17, 15) is 9.59 Å². The second kappa shape index (κ2) is 5.26. The van der Waals surface area contributed by atoms with Crippen molar-refractivity contribution >= 4 is 11.9 Å². The second-order valence-electron chi connectivity index (χ2n) is 5.49. The number of rotatable bonds is 6. The predicted octanol–water partition coefficient (Wildman–Crippen LogP) is 1.17. The number of hydrogen-bond donors (Lipinski definition) is 2. The smallest absolute Gasteiger partial charge is 0.307 e. The summed E-state index contributed by atoms with van der Waals surface area (Å²) in [6.45, 7) is 0.632. The minimum Gasteiger partial charge on any atom is -0.481 e. The molecule has 2 saturated carbocycles. The summed E-state index contributed by atoms with van der Waals surface area (Å²) in [5.74, 6) is -1.74. The molecule has 0 saturated heterocycles. The van der Waals surface area contributed by atoms with Gasteiger partial charge in [-0.15, -0.1) is 0 Å². The highest BCUT2D eigenvalue weighted by molar-refractivity contribution is 5.86. The Kier molecular flexibility index (Phi) is 3.90. The largest absolute Gasteiger partial charge is 0.481 e. The van der Waals surface area contributed by atoms with Gasteiger partial charge in [0.25, 0.3) is 0 Å². The van der Waals surface area contributed by atoms with Crippen LogP contribution in [-0.2, 0) is 14.3 Å². The molecule has 0 spiro atoms. The Morgan fingerprint density at radius 2 is 2.00 bits per heavy atom. The average Bonchev–Trinajstić information content (AvgIpc) is 2.19. The van der Waals surface area contributed by atoms with Crippen LogP contribution in [0.1, 0.15) is 38.5 Å². The molecule has 5 nitrogen and oxygen atoms in total. The Labute approximate surface area is 107 Å². The molecule has 0 aliphatic heterocycles. The van der Waals surface area contributed by atoms with Gasteiger partial charge < -0.3 is 15.2 Å². The van der Waals surface area contributed by atoms with Crippen molar-refractivity contribution in [2.75, 3.05) is 13.7 Å². The van der Waals surface area contributed by atoms with Crippen LogP contribution in [0.25, 0.3) is 0 Å². The third kappa shape index (κ3) is 2.51. The lowest BCUT2D eigenvalue weighted by Crippen LogP contribution is -2.57. The molecule has 0 aromatic rings. The lowest BCUT2D eigenvalue weighted by molar-refractivity contribution is -0.153. The van der Waals surface area contributed by atoms with Gasteiger partial charge in [-0.05, 0) is 38.5 Å². The average molecular weight is 255 g/mol. The molecule has 0 bridgehead atoms. The van der Waals surface area contributed by atoms with Gasteiger partial charge in [0.05, 0.1) is 11.8 Å². The maximum absolute atomic E-state index is 12.1. The summed E-state index contributed by atoms with van der Waals surface area (Å²) < 4.78 is 5.07. The number of methoxy groups -OCH3 is 1. The quantitative estimate of drug-likeness (QED) is 0.747. The molecule has 2 N–H and O–H groups in total.